The van der Waals surface area contributed by atoms with Crippen LogP contribution in [0.3, 0.4) is 0 Å². The lowest BCUT2D eigenvalue weighted by molar-refractivity contribution is -0.565. The van der Waals surface area contributed by atoms with Crippen LogP contribution in [0, 0.1) is 5.21 Å². The van der Waals surface area contributed by atoms with Gasteiger partial charge in [0.2, 0.25) is 11.2 Å². The van der Waals surface area contributed by atoms with E-state index in [1.54, 1.807) is 0 Å². The number of hydrogen-bond acceptors (Lipinski definition) is 1. The molecule has 0 unspecified atom stereocenters. The Hall–Kier alpha value is -1.87. The highest BCUT2D eigenvalue weighted by Crippen LogP contribution is 2.21. The van der Waals surface area contributed by atoms with Crippen LogP contribution in [0.5, 0.6) is 0 Å². The molecule has 1 aromatic heterocycles. The molecule has 0 saturated heterocycles. The first kappa shape index (κ1) is 11.2. The standard InChI is InChI=1S/C15H10BrNO/c16-13-8-5-12(6-9-13)15-10-7-11-3-1-2-4-14(11)17(15)18/h1-10H. The average Bonchev–Trinajstić information content (AvgIpc) is 2.41. The number of halogens is 1. The number of rotatable bonds is 1. The molecule has 0 aliphatic rings. The second-order valence-electron chi connectivity index (χ2n) is 4.08. The predicted molar refractivity (Wildman–Crippen MR) is 76.0 cm³/mol. The summed E-state index contributed by atoms with van der Waals surface area (Å²) in [6.45, 7) is 0. The van der Waals surface area contributed by atoms with Gasteiger partial charge in [-0.3, -0.25) is 0 Å². The van der Waals surface area contributed by atoms with Crippen molar-refractivity contribution in [2.24, 2.45) is 0 Å². The molecule has 3 heteroatoms. The van der Waals surface area contributed by atoms with Crippen LogP contribution in [-0.2, 0) is 0 Å². The first-order valence-corrected chi connectivity index (χ1v) is 6.42. The Morgan fingerprint density at radius 1 is 0.833 bits per heavy atom. The lowest BCUT2D eigenvalue weighted by Crippen LogP contribution is -2.29. The monoisotopic (exact) mass is 299 g/mol. The summed E-state index contributed by atoms with van der Waals surface area (Å²) in [4.78, 5) is 0. The van der Waals surface area contributed by atoms with E-state index >= 15 is 0 Å². The molecule has 3 aromatic rings. The quantitative estimate of drug-likeness (QED) is 0.494. The molecule has 88 valence electrons. The van der Waals surface area contributed by atoms with Gasteiger partial charge in [-0.05, 0) is 36.4 Å². The van der Waals surface area contributed by atoms with Gasteiger partial charge in [0.1, 0.15) is 0 Å². The Morgan fingerprint density at radius 3 is 2.33 bits per heavy atom. The summed E-state index contributed by atoms with van der Waals surface area (Å²) in [5, 5.41) is 13.3. The van der Waals surface area contributed by atoms with Gasteiger partial charge in [0.15, 0.2) is 0 Å². The second-order valence-corrected chi connectivity index (χ2v) is 4.99. The molecule has 0 aliphatic heterocycles. The molecule has 0 saturated carbocycles. The van der Waals surface area contributed by atoms with Crippen LogP contribution >= 0.6 is 15.9 Å². The van der Waals surface area contributed by atoms with Gasteiger partial charge in [-0.1, -0.05) is 28.1 Å². The highest BCUT2D eigenvalue weighted by atomic mass is 79.9. The lowest BCUT2D eigenvalue weighted by Gasteiger charge is -2.07. The topological polar surface area (TPSA) is 26.9 Å². The van der Waals surface area contributed by atoms with Gasteiger partial charge in [0, 0.05) is 27.6 Å². The van der Waals surface area contributed by atoms with Crippen molar-refractivity contribution < 1.29 is 4.73 Å². The molecule has 0 radical (unpaired) electrons. The SMILES string of the molecule is [O-][n+]1c(-c2ccc(Br)cc2)ccc2ccccc21. The molecule has 18 heavy (non-hydrogen) atoms. The Morgan fingerprint density at radius 2 is 1.56 bits per heavy atom. The third-order valence-electron chi connectivity index (χ3n) is 2.94. The molecule has 2 aromatic carbocycles. The minimum absolute atomic E-state index is 0.668. The molecule has 3 rings (SSSR count). The Labute approximate surface area is 113 Å². The summed E-state index contributed by atoms with van der Waals surface area (Å²) in [5.41, 5.74) is 2.28. The third-order valence-corrected chi connectivity index (χ3v) is 3.46. The van der Waals surface area contributed by atoms with Crippen LogP contribution in [-0.4, -0.2) is 0 Å². The smallest absolute Gasteiger partial charge is 0.224 e. The molecular formula is C15H10BrNO. The number of pyridine rings is 1. The van der Waals surface area contributed by atoms with E-state index < -0.39 is 0 Å². The molecular weight excluding hydrogens is 290 g/mol. The van der Waals surface area contributed by atoms with Crippen molar-refractivity contribution in [1.29, 1.82) is 0 Å². The van der Waals surface area contributed by atoms with Crippen LogP contribution in [0.4, 0.5) is 0 Å². The zero-order valence-corrected chi connectivity index (χ0v) is 11.1. The first-order valence-electron chi connectivity index (χ1n) is 5.63. The fraction of sp³-hybridized carbons (Fsp3) is 0. The minimum atomic E-state index is 0.668. The van der Waals surface area contributed by atoms with E-state index in [4.69, 9.17) is 0 Å². The van der Waals surface area contributed by atoms with Gasteiger partial charge in [-0.15, -0.1) is 0 Å². The molecule has 0 amide bonds. The molecule has 0 bridgehead atoms. The zero-order chi connectivity index (χ0) is 12.5. The number of aromatic nitrogens is 1. The van der Waals surface area contributed by atoms with Crippen LogP contribution in [0.15, 0.2) is 65.1 Å². The van der Waals surface area contributed by atoms with Crippen molar-refractivity contribution in [3.63, 3.8) is 0 Å². The van der Waals surface area contributed by atoms with Gasteiger partial charge < -0.3 is 5.21 Å². The summed E-state index contributed by atoms with van der Waals surface area (Å²) in [5.74, 6) is 0. The summed E-state index contributed by atoms with van der Waals surface area (Å²) >= 11 is 3.39. The summed E-state index contributed by atoms with van der Waals surface area (Å²) in [6.07, 6.45) is 0. The van der Waals surface area contributed by atoms with E-state index in [0.29, 0.717) is 11.2 Å². The molecule has 0 spiro atoms. The first-order chi connectivity index (χ1) is 8.75. The van der Waals surface area contributed by atoms with Gasteiger partial charge >= 0.3 is 0 Å². The summed E-state index contributed by atoms with van der Waals surface area (Å²) in [6, 6.07) is 19.2. The zero-order valence-electron chi connectivity index (χ0n) is 9.51. The molecule has 0 fully saturated rings. The normalized spacial score (nSPS) is 10.7. The number of benzene rings is 2. The van der Waals surface area contributed by atoms with Crippen LogP contribution in [0.1, 0.15) is 0 Å². The summed E-state index contributed by atoms with van der Waals surface area (Å²) < 4.78 is 1.99. The van der Waals surface area contributed by atoms with E-state index in [9.17, 15) is 5.21 Å². The Kier molecular flexibility index (Phi) is 2.76. The lowest BCUT2D eigenvalue weighted by atomic mass is 10.1. The van der Waals surface area contributed by atoms with E-state index in [-0.39, 0.29) is 0 Å². The number of fused-ring (bicyclic) bond motifs is 1. The van der Waals surface area contributed by atoms with Gasteiger partial charge in [-0.25, -0.2) is 0 Å². The fourth-order valence-corrected chi connectivity index (χ4v) is 2.28. The second kappa shape index (κ2) is 4.42. The van der Waals surface area contributed by atoms with E-state index in [1.165, 1.54) is 0 Å². The predicted octanol–water partition coefficient (Wildman–Crippen LogP) is 3.90. The number of nitrogens with zero attached hydrogens (tertiary/aromatic N) is 1. The Balaban J connectivity index is 2.24. The largest absolute Gasteiger partial charge is 0.618 e. The van der Waals surface area contributed by atoms with Crippen LogP contribution in [0.2, 0.25) is 0 Å². The summed E-state index contributed by atoms with van der Waals surface area (Å²) in [7, 11) is 0. The van der Waals surface area contributed by atoms with Gasteiger partial charge in [0.05, 0.1) is 0 Å². The number of hydrogen-bond donors (Lipinski definition) is 0. The average molecular weight is 300 g/mol. The molecule has 2 nitrogen and oxygen atoms in total. The van der Waals surface area contributed by atoms with Crippen molar-refractivity contribution in [3.05, 3.63) is 70.3 Å². The van der Waals surface area contributed by atoms with Crippen molar-refractivity contribution in [1.82, 2.24) is 0 Å². The van der Waals surface area contributed by atoms with Crippen LogP contribution in [0.25, 0.3) is 22.2 Å². The van der Waals surface area contributed by atoms with E-state index in [2.05, 4.69) is 15.9 Å². The Bertz CT molecular complexity index is 707. The van der Waals surface area contributed by atoms with Crippen LogP contribution < -0.4 is 4.73 Å². The minimum Gasteiger partial charge on any atom is -0.618 e. The highest BCUT2D eigenvalue weighted by Gasteiger charge is 2.11. The number of para-hydroxylation sites is 1. The van der Waals surface area contributed by atoms with Crippen molar-refractivity contribution in [3.8, 4) is 11.3 Å². The van der Waals surface area contributed by atoms with Gasteiger partial charge in [0.25, 0.3) is 0 Å². The fourth-order valence-electron chi connectivity index (χ4n) is 2.01. The molecule has 0 N–H and O–H groups in total. The maximum absolute atomic E-state index is 12.3. The van der Waals surface area contributed by atoms with Crippen molar-refractivity contribution in [2.45, 2.75) is 0 Å². The van der Waals surface area contributed by atoms with Crippen molar-refractivity contribution >= 4 is 26.8 Å². The van der Waals surface area contributed by atoms with E-state index in [0.717, 1.165) is 20.2 Å². The van der Waals surface area contributed by atoms with E-state index in [1.807, 2.05) is 60.7 Å². The maximum atomic E-state index is 12.3. The molecule has 0 aliphatic carbocycles. The molecule has 0 atom stereocenters. The maximum Gasteiger partial charge on any atom is 0.224 e. The van der Waals surface area contributed by atoms with Gasteiger partial charge in [-0.2, -0.15) is 4.73 Å². The third kappa shape index (κ3) is 1.87. The highest BCUT2D eigenvalue weighted by molar-refractivity contribution is 9.10. The molecule has 1 heterocycles. The van der Waals surface area contributed by atoms with Crippen molar-refractivity contribution in [2.75, 3.05) is 0 Å².